The van der Waals surface area contributed by atoms with E-state index in [-0.39, 0.29) is 5.56 Å². The molecule has 1 amide bonds. The van der Waals surface area contributed by atoms with Crippen LogP contribution in [-0.2, 0) is 0 Å². The topological polar surface area (TPSA) is 42.0 Å². The van der Waals surface area contributed by atoms with Crippen molar-refractivity contribution in [2.24, 2.45) is 0 Å². The van der Waals surface area contributed by atoms with Gasteiger partial charge in [0.05, 0.1) is 11.3 Å². The minimum Gasteiger partial charge on any atom is -0.319 e. The third-order valence-corrected chi connectivity index (χ3v) is 2.74. The molecular weight excluding hydrogens is 325 g/mol. The molecule has 0 saturated heterocycles. The molecule has 0 atom stereocenters. The quantitative estimate of drug-likeness (QED) is 0.676. The first-order chi connectivity index (χ1) is 8.99. The first kappa shape index (κ1) is 13.5. The number of nitrogens with one attached hydrogen (secondary N) is 1. The normalized spacial score (nSPS) is 10.3. The van der Waals surface area contributed by atoms with Gasteiger partial charge < -0.3 is 5.32 Å². The number of nitrogens with zero attached hydrogens (tertiary/aromatic N) is 1. The number of rotatable bonds is 2. The number of halogens is 4. The number of hydrogen-bond donors (Lipinski definition) is 1. The summed E-state index contributed by atoms with van der Waals surface area (Å²) in [5.41, 5.74) is -0.279. The van der Waals surface area contributed by atoms with Crippen LogP contribution in [0.4, 0.5) is 18.9 Å². The van der Waals surface area contributed by atoms with Gasteiger partial charge in [-0.1, -0.05) is 0 Å². The molecule has 1 heterocycles. The van der Waals surface area contributed by atoms with Crippen molar-refractivity contribution in [1.82, 2.24) is 4.98 Å². The maximum Gasteiger partial charge on any atom is 0.257 e. The fraction of sp³-hybridized carbons (Fsp3) is 0. The van der Waals surface area contributed by atoms with Gasteiger partial charge in [-0.2, -0.15) is 0 Å². The fourth-order valence-corrected chi connectivity index (χ4v) is 1.56. The van der Waals surface area contributed by atoms with Crippen molar-refractivity contribution in [3.8, 4) is 0 Å². The number of carbonyl (C=O) groups is 1. The summed E-state index contributed by atoms with van der Waals surface area (Å²) in [4.78, 5) is 15.5. The van der Waals surface area contributed by atoms with Crippen molar-refractivity contribution in [2.75, 3.05) is 5.32 Å². The number of anilines is 1. The van der Waals surface area contributed by atoms with E-state index in [4.69, 9.17) is 0 Å². The lowest BCUT2D eigenvalue weighted by molar-refractivity contribution is 0.102. The summed E-state index contributed by atoms with van der Waals surface area (Å²) in [5.74, 6) is -5.07. The fourth-order valence-electron chi connectivity index (χ4n) is 1.33. The number of hydrogen-bond acceptors (Lipinski definition) is 2. The van der Waals surface area contributed by atoms with Crippen molar-refractivity contribution in [3.05, 3.63) is 58.1 Å². The Labute approximate surface area is 114 Å². The van der Waals surface area contributed by atoms with Gasteiger partial charge >= 0.3 is 0 Å². The van der Waals surface area contributed by atoms with E-state index in [0.29, 0.717) is 4.60 Å². The Kier molecular flexibility index (Phi) is 3.84. The van der Waals surface area contributed by atoms with E-state index >= 15 is 0 Å². The number of benzene rings is 1. The number of amides is 1. The molecule has 0 saturated carbocycles. The van der Waals surface area contributed by atoms with Crippen LogP contribution in [0, 0.1) is 17.5 Å². The molecule has 0 spiro atoms. The largest absolute Gasteiger partial charge is 0.319 e. The molecule has 98 valence electrons. The Morgan fingerprint density at radius 2 is 1.84 bits per heavy atom. The van der Waals surface area contributed by atoms with Crippen LogP contribution < -0.4 is 5.32 Å². The van der Waals surface area contributed by atoms with Crippen LogP contribution in [0.3, 0.4) is 0 Å². The zero-order valence-electron chi connectivity index (χ0n) is 9.25. The third kappa shape index (κ3) is 2.93. The van der Waals surface area contributed by atoms with Gasteiger partial charge in [0.25, 0.3) is 5.91 Å². The second-order valence-electron chi connectivity index (χ2n) is 3.55. The van der Waals surface area contributed by atoms with Crippen molar-refractivity contribution in [2.45, 2.75) is 0 Å². The van der Waals surface area contributed by atoms with Gasteiger partial charge in [-0.3, -0.25) is 4.79 Å². The minimum absolute atomic E-state index is 0.160. The molecule has 0 aliphatic carbocycles. The third-order valence-electron chi connectivity index (χ3n) is 2.27. The van der Waals surface area contributed by atoms with E-state index in [0.717, 1.165) is 12.1 Å². The molecule has 1 N–H and O–H groups in total. The molecule has 0 bridgehead atoms. The Hall–Kier alpha value is -1.89. The zero-order valence-corrected chi connectivity index (χ0v) is 10.8. The Balaban J connectivity index is 2.24. The van der Waals surface area contributed by atoms with E-state index in [1.54, 1.807) is 0 Å². The van der Waals surface area contributed by atoms with Crippen molar-refractivity contribution in [1.29, 1.82) is 0 Å². The molecule has 1 aromatic carbocycles. The molecule has 0 aliphatic rings. The molecule has 0 aliphatic heterocycles. The van der Waals surface area contributed by atoms with Crippen LogP contribution in [0.25, 0.3) is 0 Å². The molecule has 19 heavy (non-hydrogen) atoms. The molecule has 7 heteroatoms. The van der Waals surface area contributed by atoms with Gasteiger partial charge in [0.1, 0.15) is 4.60 Å². The van der Waals surface area contributed by atoms with Crippen molar-refractivity contribution >= 4 is 27.5 Å². The summed E-state index contributed by atoms with van der Waals surface area (Å²) in [6.45, 7) is 0. The van der Waals surface area contributed by atoms with Crippen molar-refractivity contribution < 1.29 is 18.0 Å². The van der Waals surface area contributed by atoms with E-state index in [1.807, 2.05) is 0 Å². The molecule has 0 fully saturated rings. The van der Waals surface area contributed by atoms with Gasteiger partial charge in [-0.25, -0.2) is 18.2 Å². The molecule has 0 unspecified atom stereocenters. The average Bonchev–Trinajstić information content (AvgIpc) is 2.40. The highest BCUT2D eigenvalue weighted by atomic mass is 79.9. The van der Waals surface area contributed by atoms with E-state index in [1.165, 1.54) is 18.3 Å². The summed E-state index contributed by atoms with van der Waals surface area (Å²) >= 11 is 3.10. The lowest BCUT2D eigenvalue weighted by Gasteiger charge is -2.07. The Morgan fingerprint density at radius 1 is 1.11 bits per heavy atom. The van der Waals surface area contributed by atoms with E-state index in [2.05, 4.69) is 26.2 Å². The molecule has 2 rings (SSSR count). The first-order valence-corrected chi connectivity index (χ1v) is 5.84. The smallest absolute Gasteiger partial charge is 0.257 e. The van der Waals surface area contributed by atoms with Gasteiger partial charge in [0.15, 0.2) is 17.5 Å². The summed E-state index contributed by atoms with van der Waals surface area (Å²) in [5, 5.41) is 2.14. The van der Waals surface area contributed by atoms with Crippen LogP contribution in [0.5, 0.6) is 0 Å². The molecular formula is C12H6BrF3N2O. The summed E-state index contributed by atoms with van der Waals surface area (Å²) in [6.07, 6.45) is 1.26. The maximum atomic E-state index is 13.3. The van der Waals surface area contributed by atoms with Crippen LogP contribution >= 0.6 is 15.9 Å². The number of carbonyl (C=O) groups excluding carboxylic acids is 1. The minimum atomic E-state index is -1.63. The molecule has 0 radical (unpaired) electrons. The Morgan fingerprint density at radius 3 is 2.47 bits per heavy atom. The molecule has 2 aromatic rings. The lowest BCUT2D eigenvalue weighted by atomic mass is 10.2. The monoisotopic (exact) mass is 330 g/mol. The predicted molar refractivity (Wildman–Crippen MR) is 66.2 cm³/mol. The summed E-state index contributed by atoms with van der Waals surface area (Å²) in [7, 11) is 0. The van der Waals surface area contributed by atoms with E-state index < -0.39 is 29.0 Å². The van der Waals surface area contributed by atoms with Gasteiger partial charge in [0, 0.05) is 6.20 Å². The summed E-state index contributed by atoms with van der Waals surface area (Å²) in [6, 6.07) is 4.65. The highest BCUT2D eigenvalue weighted by Gasteiger charge is 2.16. The average molecular weight is 331 g/mol. The van der Waals surface area contributed by atoms with Crippen molar-refractivity contribution in [3.63, 3.8) is 0 Å². The van der Waals surface area contributed by atoms with E-state index in [9.17, 15) is 18.0 Å². The van der Waals surface area contributed by atoms with Gasteiger partial charge in [0.2, 0.25) is 0 Å². The van der Waals surface area contributed by atoms with Crippen LogP contribution in [0.2, 0.25) is 0 Å². The van der Waals surface area contributed by atoms with Gasteiger partial charge in [-0.05, 0) is 40.2 Å². The molecule has 3 nitrogen and oxygen atoms in total. The highest BCUT2D eigenvalue weighted by Crippen LogP contribution is 2.20. The highest BCUT2D eigenvalue weighted by molar-refractivity contribution is 9.10. The first-order valence-electron chi connectivity index (χ1n) is 5.05. The van der Waals surface area contributed by atoms with Gasteiger partial charge in [-0.15, -0.1) is 0 Å². The second kappa shape index (κ2) is 5.40. The maximum absolute atomic E-state index is 13.3. The molecule has 1 aromatic heterocycles. The van der Waals surface area contributed by atoms with Crippen LogP contribution in [-0.4, -0.2) is 10.9 Å². The summed E-state index contributed by atoms with van der Waals surface area (Å²) < 4.78 is 39.6. The second-order valence-corrected chi connectivity index (χ2v) is 4.36. The zero-order chi connectivity index (χ0) is 14.0. The number of pyridine rings is 1. The van der Waals surface area contributed by atoms with Crippen LogP contribution in [0.15, 0.2) is 35.1 Å². The lowest BCUT2D eigenvalue weighted by Crippen LogP contribution is -2.14. The van der Waals surface area contributed by atoms with Crippen LogP contribution in [0.1, 0.15) is 10.4 Å². The number of aromatic nitrogens is 1. The standard InChI is InChI=1S/C12H6BrF3N2O/c13-9-4-1-6(5-17-9)12(19)18-8-3-2-7(14)10(15)11(8)16/h1-5H,(H,18,19). The predicted octanol–water partition coefficient (Wildman–Crippen LogP) is 3.51. The Bertz CT molecular complexity index is 632. The SMILES string of the molecule is O=C(Nc1ccc(F)c(F)c1F)c1ccc(Br)nc1.